The lowest BCUT2D eigenvalue weighted by Crippen LogP contribution is -2.26. The van der Waals surface area contributed by atoms with Crippen molar-refractivity contribution >= 4 is 5.82 Å². The first-order valence-electron chi connectivity index (χ1n) is 6.09. The predicted octanol–water partition coefficient (Wildman–Crippen LogP) is 2.37. The van der Waals surface area contributed by atoms with E-state index in [1.807, 2.05) is 12.1 Å². The van der Waals surface area contributed by atoms with Crippen LogP contribution in [0.4, 0.5) is 5.82 Å². The Kier molecular flexibility index (Phi) is 3.44. The molecular weight excluding hydrogens is 200 g/mol. The van der Waals surface area contributed by atoms with Crippen LogP contribution < -0.4 is 4.90 Å². The summed E-state index contributed by atoms with van der Waals surface area (Å²) < 4.78 is 0. The van der Waals surface area contributed by atoms with Crippen molar-refractivity contribution in [2.45, 2.75) is 32.8 Å². The molecule has 0 amide bonds. The molecule has 1 N–H and O–H groups in total. The lowest BCUT2D eigenvalue weighted by atomic mass is 10.2. The summed E-state index contributed by atoms with van der Waals surface area (Å²) in [6, 6.07) is 3.97. The molecular formula is C13H20N2O. The van der Waals surface area contributed by atoms with Gasteiger partial charge in [-0.3, -0.25) is 0 Å². The number of hydrogen-bond donors (Lipinski definition) is 1. The Bertz CT molecular complexity index is 330. The Morgan fingerprint density at radius 1 is 1.50 bits per heavy atom. The second-order valence-electron chi connectivity index (χ2n) is 4.61. The average molecular weight is 220 g/mol. The van der Waals surface area contributed by atoms with Gasteiger partial charge in [-0.2, -0.15) is 0 Å². The second kappa shape index (κ2) is 4.83. The molecule has 0 saturated heterocycles. The lowest BCUT2D eigenvalue weighted by Gasteiger charge is -2.22. The van der Waals surface area contributed by atoms with E-state index in [4.69, 9.17) is 0 Å². The van der Waals surface area contributed by atoms with Crippen molar-refractivity contribution in [2.24, 2.45) is 5.92 Å². The number of hydrogen-bond acceptors (Lipinski definition) is 3. The zero-order chi connectivity index (χ0) is 11.5. The average Bonchev–Trinajstić information content (AvgIpc) is 3.10. The highest BCUT2D eigenvalue weighted by Gasteiger charge is 2.24. The van der Waals surface area contributed by atoms with Crippen LogP contribution >= 0.6 is 0 Å². The number of nitrogens with zero attached hydrogens (tertiary/aromatic N) is 2. The van der Waals surface area contributed by atoms with Gasteiger partial charge in [-0.15, -0.1) is 0 Å². The Morgan fingerprint density at radius 2 is 2.25 bits per heavy atom. The minimum absolute atomic E-state index is 0.431. The number of aliphatic hydroxyl groups excluding tert-OH is 1. The van der Waals surface area contributed by atoms with Crippen LogP contribution in [0.15, 0.2) is 18.3 Å². The summed E-state index contributed by atoms with van der Waals surface area (Å²) in [6.07, 6.45) is 4.07. The molecule has 1 aliphatic carbocycles. The minimum atomic E-state index is -0.431. The van der Waals surface area contributed by atoms with Gasteiger partial charge in [0.25, 0.3) is 0 Å². The van der Waals surface area contributed by atoms with E-state index < -0.39 is 6.10 Å². The van der Waals surface area contributed by atoms with Crippen LogP contribution in [0, 0.1) is 5.92 Å². The molecule has 2 rings (SSSR count). The summed E-state index contributed by atoms with van der Waals surface area (Å²) in [5.41, 5.74) is 0.881. The molecule has 3 heteroatoms. The van der Waals surface area contributed by atoms with Crippen molar-refractivity contribution in [1.82, 2.24) is 4.98 Å². The maximum absolute atomic E-state index is 9.41. The Hall–Kier alpha value is -1.09. The Balaban J connectivity index is 2.05. The molecule has 0 aromatic carbocycles. The van der Waals surface area contributed by atoms with Gasteiger partial charge in [0.15, 0.2) is 0 Å². The van der Waals surface area contributed by atoms with Gasteiger partial charge in [0.05, 0.1) is 6.10 Å². The fraction of sp³-hybridized carbons (Fsp3) is 0.615. The molecule has 16 heavy (non-hydrogen) atoms. The fourth-order valence-corrected chi connectivity index (χ4v) is 1.83. The zero-order valence-electron chi connectivity index (χ0n) is 10.1. The topological polar surface area (TPSA) is 36.4 Å². The van der Waals surface area contributed by atoms with Gasteiger partial charge < -0.3 is 10.0 Å². The zero-order valence-corrected chi connectivity index (χ0v) is 10.1. The van der Waals surface area contributed by atoms with E-state index in [2.05, 4.69) is 16.8 Å². The maximum Gasteiger partial charge on any atom is 0.128 e. The molecule has 1 unspecified atom stereocenters. The lowest BCUT2D eigenvalue weighted by molar-refractivity contribution is 0.199. The van der Waals surface area contributed by atoms with Crippen LogP contribution in [-0.2, 0) is 0 Å². The van der Waals surface area contributed by atoms with Crippen molar-refractivity contribution in [2.75, 3.05) is 18.0 Å². The Labute approximate surface area is 97.1 Å². The van der Waals surface area contributed by atoms with Crippen LogP contribution in [0.3, 0.4) is 0 Å². The van der Waals surface area contributed by atoms with Crippen molar-refractivity contribution in [3.05, 3.63) is 23.9 Å². The van der Waals surface area contributed by atoms with Crippen molar-refractivity contribution in [3.8, 4) is 0 Å². The molecule has 0 spiro atoms. The van der Waals surface area contributed by atoms with E-state index in [9.17, 15) is 5.11 Å². The number of aromatic nitrogens is 1. The quantitative estimate of drug-likeness (QED) is 0.827. The monoisotopic (exact) mass is 220 g/mol. The van der Waals surface area contributed by atoms with E-state index in [0.29, 0.717) is 0 Å². The first kappa shape index (κ1) is 11.4. The minimum Gasteiger partial charge on any atom is -0.389 e. The first-order chi connectivity index (χ1) is 7.70. The summed E-state index contributed by atoms with van der Waals surface area (Å²) in [5.74, 6) is 1.90. The third-order valence-electron chi connectivity index (χ3n) is 3.13. The molecule has 0 bridgehead atoms. The smallest absolute Gasteiger partial charge is 0.128 e. The van der Waals surface area contributed by atoms with Gasteiger partial charge in [0, 0.05) is 19.3 Å². The standard InChI is InChI=1S/C13H20N2O/c1-3-15(9-11-4-5-11)13-7-6-12(8-14-13)10(2)16/h6-8,10-11,16H,3-5,9H2,1-2H3. The molecule has 0 aliphatic heterocycles. The summed E-state index contributed by atoms with van der Waals surface area (Å²) in [7, 11) is 0. The maximum atomic E-state index is 9.41. The molecule has 1 heterocycles. The Morgan fingerprint density at radius 3 is 2.69 bits per heavy atom. The summed E-state index contributed by atoms with van der Waals surface area (Å²) in [6.45, 7) is 6.04. The van der Waals surface area contributed by atoms with E-state index >= 15 is 0 Å². The first-order valence-corrected chi connectivity index (χ1v) is 6.09. The van der Waals surface area contributed by atoms with Crippen LogP contribution in [0.1, 0.15) is 38.4 Å². The van der Waals surface area contributed by atoms with Crippen LogP contribution in [0.25, 0.3) is 0 Å². The molecule has 88 valence electrons. The second-order valence-corrected chi connectivity index (χ2v) is 4.61. The van der Waals surface area contributed by atoms with Crippen LogP contribution in [0.2, 0.25) is 0 Å². The van der Waals surface area contributed by atoms with E-state index in [-0.39, 0.29) is 0 Å². The summed E-state index contributed by atoms with van der Waals surface area (Å²) in [4.78, 5) is 6.73. The number of aliphatic hydroxyl groups is 1. The van der Waals surface area contributed by atoms with E-state index in [1.54, 1.807) is 13.1 Å². The third kappa shape index (κ3) is 2.73. The summed E-state index contributed by atoms with van der Waals surface area (Å²) in [5, 5.41) is 9.41. The molecule has 3 nitrogen and oxygen atoms in total. The van der Waals surface area contributed by atoms with Crippen LogP contribution in [-0.4, -0.2) is 23.2 Å². The summed E-state index contributed by atoms with van der Waals surface area (Å²) >= 11 is 0. The van der Waals surface area contributed by atoms with E-state index in [0.717, 1.165) is 30.4 Å². The van der Waals surface area contributed by atoms with Crippen molar-refractivity contribution < 1.29 is 5.11 Å². The molecule has 1 aliphatic rings. The van der Waals surface area contributed by atoms with Gasteiger partial charge in [0.2, 0.25) is 0 Å². The largest absolute Gasteiger partial charge is 0.389 e. The third-order valence-corrected chi connectivity index (χ3v) is 3.13. The van der Waals surface area contributed by atoms with Gasteiger partial charge in [-0.1, -0.05) is 6.07 Å². The van der Waals surface area contributed by atoms with Gasteiger partial charge >= 0.3 is 0 Å². The van der Waals surface area contributed by atoms with Crippen LogP contribution in [0.5, 0.6) is 0 Å². The number of anilines is 1. The van der Waals surface area contributed by atoms with Gasteiger partial charge in [-0.05, 0) is 44.2 Å². The highest BCUT2D eigenvalue weighted by molar-refractivity contribution is 5.39. The molecule has 1 atom stereocenters. The SMILES string of the molecule is CCN(CC1CC1)c1ccc(C(C)O)cn1. The highest BCUT2D eigenvalue weighted by Crippen LogP contribution is 2.31. The fourth-order valence-electron chi connectivity index (χ4n) is 1.83. The molecule has 1 saturated carbocycles. The normalized spacial score (nSPS) is 17.2. The van der Waals surface area contributed by atoms with Crippen molar-refractivity contribution in [3.63, 3.8) is 0 Å². The van der Waals surface area contributed by atoms with Crippen molar-refractivity contribution in [1.29, 1.82) is 0 Å². The number of pyridine rings is 1. The molecule has 1 fully saturated rings. The molecule has 0 radical (unpaired) electrons. The van der Waals surface area contributed by atoms with E-state index in [1.165, 1.54) is 12.8 Å². The highest BCUT2D eigenvalue weighted by atomic mass is 16.3. The predicted molar refractivity (Wildman–Crippen MR) is 65.5 cm³/mol. The molecule has 1 aromatic heterocycles. The van der Waals surface area contributed by atoms with Gasteiger partial charge in [-0.25, -0.2) is 4.98 Å². The molecule has 1 aromatic rings. The van der Waals surface area contributed by atoms with Gasteiger partial charge in [0.1, 0.15) is 5.82 Å². The number of rotatable bonds is 5.